The minimum atomic E-state index is 0.403. The van der Waals surface area contributed by atoms with E-state index in [2.05, 4.69) is 63.5 Å². The molecule has 5 heteroatoms. The van der Waals surface area contributed by atoms with E-state index >= 15 is 0 Å². The first-order valence-electron chi connectivity index (χ1n) is 13.7. The number of H-pyrrole nitrogens is 2. The van der Waals surface area contributed by atoms with Gasteiger partial charge in [-0.15, -0.1) is 0 Å². The quantitative estimate of drug-likeness (QED) is 0.344. The monoisotopic (exact) mass is 471 g/mol. The Morgan fingerprint density at radius 1 is 0.750 bits per heavy atom. The molecule has 36 heavy (non-hydrogen) atoms. The molecule has 2 aromatic carbocycles. The molecule has 1 saturated heterocycles. The van der Waals surface area contributed by atoms with E-state index in [1.807, 2.05) is 0 Å². The Balaban J connectivity index is 0.973. The molecule has 0 bridgehead atoms. The first kappa shape index (κ1) is 19.8. The van der Waals surface area contributed by atoms with Crippen molar-refractivity contribution in [1.29, 1.82) is 0 Å². The van der Waals surface area contributed by atoms with Gasteiger partial charge in [0.1, 0.15) is 11.6 Å². The average Bonchev–Trinajstić information content (AvgIpc) is 3.50. The SMILES string of the molecule is C(#Cc1ccc2nc(C3C[C@@H]4C[C@@H]4C3)[nH]c2c1)c1ccc2c(c1)CCc1[nH]c([C@@H]3C[C@H]4C[C@H]4N3)nc1-2. The molecule has 4 aromatic rings. The Hall–Kier alpha value is -3.36. The van der Waals surface area contributed by atoms with Gasteiger partial charge in [0.05, 0.1) is 22.8 Å². The highest BCUT2D eigenvalue weighted by Crippen LogP contribution is 2.57. The smallest absolute Gasteiger partial charge is 0.124 e. The van der Waals surface area contributed by atoms with Crippen LogP contribution in [0.5, 0.6) is 0 Å². The fourth-order valence-electron chi connectivity index (χ4n) is 7.28. The summed E-state index contributed by atoms with van der Waals surface area (Å²) < 4.78 is 0. The number of aromatic amines is 2. The molecule has 0 amide bonds. The average molecular weight is 472 g/mol. The van der Waals surface area contributed by atoms with Crippen molar-refractivity contribution in [3.8, 4) is 23.1 Å². The molecule has 9 rings (SSSR count). The summed E-state index contributed by atoms with van der Waals surface area (Å²) in [5.74, 6) is 12.6. The lowest BCUT2D eigenvalue weighted by Crippen LogP contribution is -2.18. The molecule has 178 valence electrons. The van der Waals surface area contributed by atoms with Gasteiger partial charge in [-0.2, -0.15) is 0 Å². The standard InChI is InChI=1S/C31H29N5/c1(2-17-4-7-24-27(10-17)35-30(33-24)22-12-19-11-20(19)13-22)16-3-6-23-18(9-16)5-8-25-29(23)36-31(34-25)28-15-21-14-26(21)32-28/h3-4,6-7,9-10,19-22,26,28,32H,5,8,11-15H2,(H,33,35)(H,34,36)/t19-,20+,21-,22?,26-,28+/m1/s1. The van der Waals surface area contributed by atoms with Crippen LogP contribution in [-0.4, -0.2) is 26.0 Å². The molecule has 0 radical (unpaired) electrons. The number of fused-ring (bicyclic) bond motifs is 6. The van der Waals surface area contributed by atoms with E-state index in [1.165, 1.54) is 54.7 Å². The van der Waals surface area contributed by atoms with Crippen LogP contribution in [0.15, 0.2) is 36.4 Å². The van der Waals surface area contributed by atoms with E-state index < -0.39 is 0 Å². The second-order valence-electron chi connectivity index (χ2n) is 11.9. The van der Waals surface area contributed by atoms with Crippen molar-refractivity contribution in [1.82, 2.24) is 25.3 Å². The summed E-state index contributed by atoms with van der Waals surface area (Å²) in [6.45, 7) is 0. The van der Waals surface area contributed by atoms with Gasteiger partial charge in [-0.3, -0.25) is 0 Å². The number of imidazole rings is 2. The van der Waals surface area contributed by atoms with Crippen LogP contribution in [0.2, 0.25) is 0 Å². The molecule has 3 heterocycles. The molecule has 1 aliphatic heterocycles. The second kappa shape index (κ2) is 7.11. The van der Waals surface area contributed by atoms with Crippen LogP contribution in [0.25, 0.3) is 22.3 Å². The normalized spacial score (nSPS) is 30.8. The maximum Gasteiger partial charge on any atom is 0.124 e. The Morgan fingerprint density at radius 3 is 2.47 bits per heavy atom. The Labute approximate surface area is 210 Å². The minimum Gasteiger partial charge on any atom is -0.344 e. The zero-order chi connectivity index (χ0) is 23.4. The number of benzene rings is 2. The number of nitrogens with zero attached hydrogens (tertiary/aromatic N) is 2. The number of nitrogens with one attached hydrogen (secondary N) is 3. The van der Waals surface area contributed by atoms with Crippen molar-refractivity contribution in [2.75, 3.05) is 0 Å². The summed E-state index contributed by atoms with van der Waals surface area (Å²) in [5, 5.41) is 3.73. The molecule has 5 nitrogen and oxygen atoms in total. The van der Waals surface area contributed by atoms with Crippen molar-refractivity contribution in [3.63, 3.8) is 0 Å². The van der Waals surface area contributed by atoms with Gasteiger partial charge in [0, 0.05) is 34.3 Å². The number of hydrogen-bond acceptors (Lipinski definition) is 3. The molecule has 3 N–H and O–H groups in total. The van der Waals surface area contributed by atoms with Crippen LogP contribution in [-0.2, 0) is 12.8 Å². The summed E-state index contributed by atoms with van der Waals surface area (Å²) in [5.41, 5.74) is 9.34. The van der Waals surface area contributed by atoms with E-state index in [0.717, 1.165) is 70.3 Å². The van der Waals surface area contributed by atoms with Gasteiger partial charge >= 0.3 is 0 Å². The van der Waals surface area contributed by atoms with E-state index in [9.17, 15) is 0 Å². The van der Waals surface area contributed by atoms with Crippen LogP contribution >= 0.6 is 0 Å². The van der Waals surface area contributed by atoms with E-state index in [1.54, 1.807) is 0 Å². The molecule has 3 saturated carbocycles. The highest BCUT2D eigenvalue weighted by molar-refractivity contribution is 5.77. The first-order chi connectivity index (χ1) is 17.7. The predicted molar refractivity (Wildman–Crippen MR) is 139 cm³/mol. The minimum absolute atomic E-state index is 0.403. The number of hydrogen-bond donors (Lipinski definition) is 3. The van der Waals surface area contributed by atoms with Crippen LogP contribution in [0, 0.1) is 29.6 Å². The summed E-state index contributed by atoms with van der Waals surface area (Å²) in [4.78, 5) is 17.2. The number of piperidine rings is 1. The Kier molecular flexibility index (Phi) is 3.91. The summed E-state index contributed by atoms with van der Waals surface area (Å²) >= 11 is 0. The molecular formula is C31H29N5. The lowest BCUT2D eigenvalue weighted by Gasteiger charge is -2.15. The molecule has 6 atom stereocenters. The van der Waals surface area contributed by atoms with Gasteiger partial charge in [0.15, 0.2) is 0 Å². The number of aryl methyl sites for hydroxylation is 2. The fourth-order valence-corrected chi connectivity index (χ4v) is 7.28. The largest absolute Gasteiger partial charge is 0.344 e. The zero-order valence-electron chi connectivity index (χ0n) is 20.3. The van der Waals surface area contributed by atoms with Crippen LogP contribution < -0.4 is 5.32 Å². The molecule has 4 fully saturated rings. The van der Waals surface area contributed by atoms with Crippen LogP contribution in [0.3, 0.4) is 0 Å². The maximum atomic E-state index is 5.05. The van der Waals surface area contributed by atoms with Gasteiger partial charge in [0.25, 0.3) is 0 Å². The molecule has 2 aromatic heterocycles. The Bertz CT molecular complexity index is 1590. The van der Waals surface area contributed by atoms with Crippen molar-refractivity contribution in [2.45, 2.75) is 62.9 Å². The molecule has 4 aliphatic carbocycles. The molecule has 1 unspecified atom stereocenters. The highest BCUT2D eigenvalue weighted by Gasteiger charge is 2.47. The molecular weight excluding hydrogens is 442 g/mol. The van der Waals surface area contributed by atoms with Crippen molar-refractivity contribution in [2.24, 2.45) is 17.8 Å². The predicted octanol–water partition coefficient (Wildman–Crippen LogP) is 5.39. The highest BCUT2D eigenvalue weighted by atomic mass is 15.1. The lowest BCUT2D eigenvalue weighted by molar-refractivity contribution is 0.542. The van der Waals surface area contributed by atoms with Crippen molar-refractivity contribution in [3.05, 3.63) is 70.4 Å². The van der Waals surface area contributed by atoms with E-state index in [0.29, 0.717) is 12.0 Å². The van der Waals surface area contributed by atoms with E-state index in [-0.39, 0.29) is 0 Å². The third-order valence-corrected chi connectivity index (χ3v) is 9.49. The fraction of sp³-hybridized carbons (Fsp3) is 0.419. The first-order valence-corrected chi connectivity index (χ1v) is 13.7. The van der Waals surface area contributed by atoms with Gasteiger partial charge in [-0.25, -0.2) is 9.97 Å². The number of aromatic nitrogens is 4. The third kappa shape index (κ3) is 3.14. The third-order valence-electron chi connectivity index (χ3n) is 9.49. The van der Waals surface area contributed by atoms with Crippen LogP contribution in [0.1, 0.15) is 78.1 Å². The van der Waals surface area contributed by atoms with Gasteiger partial charge in [0.2, 0.25) is 0 Å². The zero-order valence-corrected chi connectivity index (χ0v) is 20.3. The van der Waals surface area contributed by atoms with Crippen LogP contribution in [0.4, 0.5) is 0 Å². The maximum absolute atomic E-state index is 5.05. The Morgan fingerprint density at radius 2 is 1.61 bits per heavy atom. The van der Waals surface area contributed by atoms with Crippen molar-refractivity contribution >= 4 is 11.0 Å². The van der Waals surface area contributed by atoms with Gasteiger partial charge in [-0.1, -0.05) is 17.9 Å². The number of rotatable bonds is 2. The summed E-state index contributed by atoms with van der Waals surface area (Å²) in [6, 6.07) is 14.1. The molecule has 5 aliphatic rings. The summed E-state index contributed by atoms with van der Waals surface area (Å²) in [6.07, 6.45) is 8.71. The second-order valence-corrected chi connectivity index (χ2v) is 11.9. The lowest BCUT2D eigenvalue weighted by atomic mass is 9.91. The summed E-state index contributed by atoms with van der Waals surface area (Å²) in [7, 11) is 0. The van der Waals surface area contributed by atoms with Gasteiger partial charge < -0.3 is 15.3 Å². The topological polar surface area (TPSA) is 69.4 Å². The van der Waals surface area contributed by atoms with Gasteiger partial charge in [-0.05, 0) is 98.6 Å². The molecule has 0 spiro atoms. The van der Waals surface area contributed by atoms with E-state index in [4.69, 9.17) is 9.97 Å². The van der Waals surface area contributed by atoms with Crippen molar-refractivity contribution < 1.29 is 0 Å².